The third-order valence-corrected chi connectivity index (χ3v) is 5.41. The maximum atomic E-state index is 13.5. The number of rotatable bonds is 5. The lowest BCUT2D eigenvalue weighted by Gasteiger charge is -2.16. The van der Waals surface area contributed by atoms with Crippen molar-refractivity contribution in [3.8, 4) is 0 Å². The molecule has 0 saturated heterocycles. The lowest BCUT2D eigenvalue weighted by Crippen LogP contribution is -2.24. The fourth-order valence-electron chi connectivity index (χ4n) is 3.64. The fraction of sp³-hybridized carbons (Fsp3) is 0.368. The molecule has 0 spiro atoms. The number of hydrogen-bond donors (Lipinski definition) is 3. The van der Waals surface area contributed by atoms with E-state index in [1.807, 2.05) is 4.40 Å². The molecule has 6 nitrogen and oxygen atoms in total. The van der Waals surface area contributed by atoms with E-state index in [0.717, 1.165) is 11.3 Å². The van der Waals surface area contributed by atoms with Crippen molar-refractivity contribution in [3.05, 3.63) is 58.9 Å². The van der Waals surface area contributed by atoms with Crippen LogP contribution in [0, 0.1) is 5.82 Å². The van der Waals surface area contributed by atoms with Gasteiger partial charge in [0.1, 0.15) is 5.82 Å². The van der Waals surface area contributed by atoms with Crippen LogP contribution in [0.25, 0.3) is 5.65 Å². The summed E-state index contributed by atoms with van der Waals surface area (Å²) in [5, 5.41) is 23.4. The Labute approximate surface area is 160 Å². The number of anilines is 1. The Hall–Kier alpha value is -2.22. The van der Waals surface area contributed by atoms with Gasteiger partial charge in [-0.05, 0) is 37.0 Å². The predicted molar refractivity (Wildman–Crippen MR) is 101 cm³/mol. The minimum atomic E-state index is -0.783. The normalized spacial score (nSPS) is 22.4. The predicted octanol–water partition coefficient (Wildman–Crippen LogP) is 2.78. The Bertz CT molecular complexity index is 964. The Morgan fingerprint density at radius 1 is 1.26 bits per heavy atom. The molecular weight excluding hydrogens is 371 g/mol. The van der Waals surface area contributed by atoms with Crippen LogP contribution >= 0.6 is 11.6 Å². The molecule has 3 atom stereocenters. The molecular formula is C19H20ClFN4O2. The fourth-order valence-corrected chi connectivity index (χ4v) is 3.76. The van der Waals surface area contributed by atoms with Crippen molar-refractivity contribution < 1.29 is 14.6 Å². The van der Waals surface area contributed by atoms with Gasteiger partial charge in [0.25, 0.3) is 0 Å². The van der Waals surface area contributed by atoms with E-state index in [-0.39, 0.29) is 10.9 Å². The second-order valence-electron chi connectivity index (χ2n) is 6.82. The first-order valence-corrected chi connectivity index (χ1v) is 9.28. The van der Waals surface area contributed by atoms with Crippen LogP contribution in [0.3, 0.4) is 0 Å². The summed E-state index contributed by atoms with van der Waals surface area (Å²) in [7, 11) is 0. The molecule has 1 fully saturated rings. The lowest BCUT2D eigenvalue weighted by molar-refractivity contribution is 0.0345. The second kappa shape index (κ2) is 7.42. The van der Waals surface area contributed by atoms with Crippen molar-refractivity contribution in [1.29, 1.82) is 0 Å². The van der Waals surface area contributed by atoms with Crippen molar-refractivity contribution in [2.45, 2.75) is 37.4 Å². The summed E-state index contributed by atoms with van der Waals surface area (Å²) in [6.45, 7) is 0.556. The third-order valence-electron chi connectivity index (χ3n) is 5.11. The lowest BCUT2D eigenvalue weighted by atomic mass is 10.0. The zero-order valence-corrected chi connectivity index (χ0v) is 15.3. The molecule has 4 rings (SSSR count). The van der Waals surface area contributed by atoms with Gasteiger partial charge in [-0.15, -0.1) is 0 Å². The van der Waals surface area contributed by atoms with Crippen LogP contribution in [-0.2, 0) is 6.42 Å². The molecule has 3 aromatic rings. The summed E-state index contributed by atoms with van der Waals surface area (Å²) in [5.41, 5.74) is 2.35. The van der Waals surface area contributed by atoms with E-state index in [1.54, 1.807) is 30.7 Å². The molecule has 2 heterocycles. The van der Waals surface area contributed by atoms with Gasteiger partial charge in [0, 0.05) is 36.7 Å². The molecule has 2 aromatic heterocycles. The van der Waals surface area contributed by atoms with Gasteiger partial charge < -0.3 is 15.5 Å². The number of aliphatic hydroxyl groups is 2. The standard InChI is InChI=1S/C19H20ClFN4O2/c20-13-3-1-11(9-14(13)21)5-6-22-18-19-24-10-15(25(19)8-7-23-18)12-2-4-16(26)17(12)27/h1,3,7-10,12,16-17,26-27H,2,4-6H2,(H,22,23)/t12-,16+,17-/m0/s1. The first kappa shape index (κ1) is 18.2. The molecule has 8 heteroatoms. The number of nitrogens with zero attached hydrogens (tertiary/aromatic N) is 3. The van der Waals surface area contributed by atoms with Crippen molar-refractivity contribution >= 4 is 23.1 Å². The van der Waals surface area contributed by atoms with Crippen molar-refractivity contribution in [3.63, 3.8) is 0 Å². The van der Waals surface area contributed by atoms with Crippen molar-refractivity contribution in [2.24, 2.45) is 0 Å². The van der Waals surface area contributed by atoms with Gasteiger partial charge in [0.2, 0.25) is 0 Å². The Kier molecular flexibility index (Phi) is 4.99. The summed E-state index contributed by atoms with van der Waals surface area (Å²) >= 11 is 5.71. The largest absolute Gasteiger partial charge is 0.390 e. The van der Waals surface area contributed by atoms with E-state index in [2.05, 4.69) is 15.3 Å². The zero-order valence-electron chi connectivity index (χ0n) is 14.5. The molecule has 0 amide bonds. The van der Waals surface area contributed by atoms with E-state index < -0.39 is 18.0 Å². The third kappa shape index (κ3) is 3.50. The number of aliphatic hydroxyl groups excluding tert-OH is 2. The van der Waals surface area contributed by atoms with Crippen LogP contribution < -0.4 is 5.32 Å². The van der Waals surface area contributed by atoms with Gasteiger partial charge in [-0.1, -0.05) is 17.7 Å². The smallest absolute Gasteiger partial charge is 0.180 e. The topological polar surface area (TPSA) is 82.7 Å². The molecule has 1 aromatic carbocycles. The second-order valence-corrected chi connectivity index (χ2v) is 7.23. The highest BCUT2D eigenvalue weighted by molar-refractivity contribution is 6.30. The zero-order chi connectivity index (χ0) is 19.0. The van der Waals surface area contributed by atoms with Crippen LogP contribution in [0.2, 0.25) is 5.02 Å². The first-order chi connectivity index (χ1) is 13.0. The van der Waals surface area contributed by atoms with E-state index in [9.17, 15) is 14.6 Å². The molecule has 27 heavy (non-hydrogen) atoms. The molecule has 1 saturated carbocycles. The summed E-state index contributed by atoms with van der Waals surface area (Å²) in [5.74, 6) is 0.0399. The SMILES string of the molecule is O[C@@H]1[C@H](O)CC[C@H]1c1cnc2c(NCCc3ccc(Cl)c(F)c3)nccn12. The van der Waals surface area contributed by atoms with Gasteiger partial charge in [-0.2, -0.15) is 0 Å². The Balaban J connectivity index is 1.50. The number of hydrogen-bond acceptors (Lipinski definition) is 5. The maximum absolute atomic E-state index is 13.5. The van der Waals surface area contributed by atoms with Crippen molar-refractivity contribution in [1.82, 2.24) is 14.4 Å². The number of halogens is 2. The molecule has 3 N–H and O–H groups in total. The van der Waals surface area contributed by atoms with E-state index in [1.165, 1.54) is 6.07 Å². The van der Waals surface area contributed by atoms with E-state index >= 15 is 0 Å². The number of aromatic nitrogens is 3. The minimum absolute atomic E-state index is 0.113. The molecule has 0 bridgehead atoms. The summed E-state index contributed by atoms with van der Waals surface area (Å²) in [6, 6.07) is 4.77. The molecule has 1 aliphatic carbocycles. The van der Waals surface area contributed by atoms with Crippen molar-refractivity contribution in [2.75, 3.05) is 11.9 Å². The minimum Gasteiger partial charge on any atom is -0.390 e. The van der Waals surface area contributed by atoms with E-state index in [4.69, 9.17) is 11.6 Å². The number of imidazole rings is 1. The number of nitrogens with one attached hydrogen (secondary N) is 1. The molecule has 0 radical (unpaired) electrons. The Morgan fingerprint density at radius 3 is 2.85 bits per heavy atom. The van der Waals surface area contributed by atoms with E-state index in [0.29, 0.717) is 37.3 Å². The highest BCUT2D eigenvalue weighted by Crippen LogP contribution is 2.35. The molecule has 1 aliphatic rings. The van der Waals surface area contributed by atoms with Crippen LogP contribution in [0.1, 0.15) is 30.0 Å². The average molecular weight is 391 g/mol. The first-order valence-electron chi connectivity index (χ1n) is 8.90. The van der Waals surface area contributed by atoms with Gasteiger partial charge in [0.05, 0.1) is 17.2 Å². The summed E-state index contributed by atoms with van der Waals surface area (Å²) in [6.07, 6.45) is 5.61. The molecule has 142 valence electrons. The van der Waals surface area contributed by atoms with Gasteiger partial charge in [-0.25, -0.2) is 14.4 Å². The van der Waals surface area contributed by atoms with Crippen LogP contribution in [0.15, 0.2) is 36.8 Å². The quantitative estimate of drug-likeness (QED) is 0.624. The molecule has 0 aliphatic heterocycles. The van der Waals surface area contributed by atoms with Crippen LogP contribution in [-0.4, -0.2) is 43.3 Å². The average Bonchev–Trinajstić information content (AvgIpc) is 3.22. The molecule has 0 unspecified atom stereocenters. The number of fused-ring (bicyclic) bond motifs is 1. The van der Waals surface area contributed by atoms with Crippen LogP contribution in [0.5, 0.6) is 0 Å². The van der Waals surface area contributed by atoms with Crippen LogP contribution in [0.4, 0.5) is 10.2 Å². The highest BCUT2D eigenvalue weighted by atomic mass is 35.5. The summed E-state index contributed by atoms with van der Waals surface area (Å²) in [4.78, 5) is 8.78. The van der Waals surface area contributed by atoms with Gasteiger partial charge in [-0.3, -0.25) is 4.40 Å². The Morgan fingerprint density at radius 2 is 2.11 bits per heavy atom. The highest BCUT2D eigenvalue weighted by Gasteiger charge is 2.36. The van der Waals surface area contributed by atoms with Gasteiger partial charge in [0.15, 0.2) is 11.5 Å². The monoisotopic (exact) mass is 390 g/mol. The summed E-state index contributed by atoms with van der Waals surface area (Å²) < 4.78 is 15.4. The number of benzene rings is 1. The maximum Gasteiger partial charge on any atom is 0.180 e. The van der Waals surface area contributed by atoms with Gasteiger partial charge >= 0.3 is 0 Å².